The minimum atomic E-state index is 0.679. The Morgan fingerprint density at radius 1 is 1.35 bits per heavy atom. The summed E-state index contributed by atoms with van der Waals surface area (Å²) in [5, 5.41) is 8.29. The van der Waals surface area contributed by atoms with Gasteiger partial charge in [0.2, 0.25) is 0 Å². The van der Waals surface area contributed by atoms with E-state index in [1.165, 1.54) is 63.7 Å². The van der Waals surface area contributed by atoms with Crippen molar-refractivity contribution in [1.29, 1.82) is 0 Å². The summed E-state index contributed by atoms with van der Waals surface area (Å²) in [6, 6.07) is 3.70. The maximum atomic E-state index is 3.79. The van der Waals surface area contributed by atoms with Crippen LogP contribution in [0.4, 0.5) is 0 Å². The molecular formula is C17H28N2S. The van der Waals surface area contributed by atoms with E-state index in [0.29, 0.717) is 6.04 Å². The van der Waals surface area contributed by atoms with Gasteiger partial charge in [0, 0.05) is 31.7 Å². The van der Waals surface area contributed by atoms with Crippen LogP contribution in [0.1, 0.15) is 44.6 Å². The van der Waals surface area contributed by atoms with Crippen molar-refractivity contribution >= 4 is 11.3 Å². The van der Waals surface area contributed by atoms with E-state index in [0.717, 1.165) is 12.0 Å². The third-order valence-electron chi connectivity index (χ3n) is 5.19. The lowest BCUT2D eigenvalue weighted by Crippen LogP contribution is -2.56. The smallest absolute Gasteiger partial charge is 0.0223 e. The van der Waals surface area contributed by atoms with Gasteiger partial charge < -0.3 is 5.32 Å². The first-order valence-corrected chi connectivity index (χ1v) is 9.26. The molecular weight excluding hydrogens is 264 g/mol. The van der Waals surface area contributed by atoms with Crippen molar-refractivity contribution in [2.75, 3.05) is 19.6 Å². The highest BCUT2D eigenvalue weighted by molar-refractivity contribution is 7.07. The molecule has 2 aliphatic rings. The summed E-state index contributed by atoms with van der Waals surface area (Å²) in [7, 11) is 0. The molecule has 20 heavy (non-hydrogen) atoms. The van der Waals surface area contributed by atoms with Crippen LogP contribution in [-0.4, -0.2) is 36.6 Å². The minimum absolute atomic E-state index is 0.679. The number of nitrogens with zero attached hydrogens (tertiary/aromatic N) is 1. The second kappa shape index (κ2) is 7.06. The zero-order valence-corrected chi connectivity index (χ0v) is 13.5. The lowest BCUT2D eigenvalue weighted by atomic mass is 9.83. The molecule has 1 aromatic rings. The molecule has 1 saturated heterocycles. The van der Waals surface area contributed by atoms with Gasteiger partial charge >= 0.3 is 0 Å². The fraction of sp³-hybridized carbons (Fsp3) is 0.765. The average molecular weight is 292 g/mol. The Balaban J connectivity index is 1.54. The molecule has 1 aliphatic carbocycles. The number of hydrogen-bond acceptors (Lipinski definition) is 3. The standard InChI is InChI=1S/C17H28N2S/c1-14(11-15-7-10-20-13-15)19-9-8-18-17(12-19)16-5-3-2-4-6-16/h7,10,13-14,16-18H,2-6,8-9,11-12H2,1H3. The van der Waals surface area contributed by atoms with E-state index in [1.54, 1.807) is 0 Å². The molecule has 1 aliphatic heterocycles. The van der Waals surface area contributed by atoms with Crippen molar-refractivity contribution in [2.24, 2.45) is 5.92 Å². The molecule has 3 heteroatoms. The maximum Gasteiger partial charge on any atom is 0.0223 e. The van der Waals surface area contributed by atoms with Crippen LogP contribution in [-0.2, 0) is 6.42 Å². The molecule has 2 fully saturated rings. The summed E-state index contributed by atoms with van der Waals surface area (Å²) in [5.41, 5.74) is 1.51. The predicted octanol–water partition coefficient (Wildman–Crippen LogP) is 3.53. The Kier molecular flexibility index (Phi) is 5.14. The zero-order chi connectivity index (χ0) is 13.8. The van der Waals surface area contributed by atoms with E-state index in [-0.39, 0.29) is 0 Å². The molecule has 1 N–H and O–H groups in total. The molecule has 0 amide bonds. The van der Waals surface area contributed by atoms with Gasteiger partial charge in [-0.1, -0.05) is 19.3 Å². The van der Waals surface area contributed by atoms with Crippen molar-refractivity contribution in [3.8, 4) is 0 Å². The van der Waals surface area contributed by atoms with Gasteiger partial charge in [-0.2, -0.15) is 11.3 Å². The Morgan fingerprint density at radius 2 is 2.20 bits per heavy atom. The van der Waals surface area contributed by atoms with Gasteiger partial charge in [-0.15, -0.1) is 0 Å². The summed E-state index contributed by atoms with van der Waals surface area (Å²) in [6.45, 7) is 6.06. The van der Waals surface area contributed by atoms with Crippen molar-refractivity contribution < 1.29 is 0 Å². The fourth-order valence-corrected chi connectivity index (χ4v) is 4.62. The molecule has 2 nitrogen and oxygen atoms in total. The van der Waals surface area contributed by atoms with Crippen LogP contribution in [0.3, 0.4) is 0 Å². The SMILES string of the molecule is CC(Cc1ccsc1)N1CCNC(C2CCCCC2)C1. The van der Waals surface area contributed by atoms with Crippen LogP contribution in [0.5, 0.6) is 0 Å². The van der Waals surface area contributed by atoms with Crippen molar-refractivity contribution in [2.45, 2.75) is 57.5 Å². The molecule has 2 atom stereocenters. The van der Waals surface area contributed by atoms with Crippen molar-refractivity contribution in [3.63, 3.8) is 0 Å². The molecule has 112 valence electrons. The van der Waals surface area contributed by atoms with E-state index in [1.807, 2.05) is 11.3 Å². The first-order valence-electron chi connectivity index (χ1n) is 8.31. The van der Waals surface area contributed by atoms with Gasteiger partial charge in [0.15, 0.2) is 0 Å². The van der Waals surface area contributed by atoms with Crippen LogP contribution in [0.15, 0.2) is 16.8 Å². The first kappa shape index (κ1) is 14.6. The van der Waals surface area contributed by atoms with E-state index >= 15 is 0 Å². The third-order valence-corrected chi connectivity index (χ3v) is 5.92. The summed E-state index contributed by atoms with van der Waals surface area (Å²) >= 11 is 1.82. The topological polar surface area (TPSA) is 15.3 Å². The van der Waals surface area contributed by atoms with E-state index in [4.69, 9.17) is 0 Å². The van der Waals surface area contributed by atoms with Gasteiger partial charge in [-0.3, -0.25) is 4.90 Å². The Hall–Kier alpha value is -0.380. The Labute approximate surface area is 127 Å². The molecule has 1 saturated carbocycles. The number of hydrogen-bond donors (Lipinski definition) is 1. The molecule has 0 bridgehead atoms. The van der Waals surface area contributed by atoms with Gasteiger partial charge in [0.1, 0.15) is 0 Å². The van der Waals surface area contributed by atoms with Gasteiger partial charge in [0.05, 0.1) is 0 Å². The normalized spacial score (nSPS) is 27.6. The van der Waals surface area contributed by atoms with Crippen LogP contribution < -0.4 is 5.32 Å². The Bertz CT molecular complexity index is 384. The second-order valence-corrected chi connectivity index (χ2v) is 7.42. The third kappa shape index (κ3) is 3.63. The average Bonchev–Trinajstić information content (AvgIpc) is 3.01. The molecule has 0 spiro atoms. The summed E-state index contributed by atoms with van der Waals surface area (Å²) in [6.07, 6.45) is 8.47. The minimum Gasteiger partial charge on any atom is -0.311 e. The monoisotopic (exact) mass is 292 g/mol. The fourth-order valence-electron chi connectivity index (χ4n) is 3.93. The van der Waals surface area contributed by atoms with E-state index in [2.05, 4.69) is 34.0 Å². The first-order chi connectivity index (χ1) is 9.83. The number of thiophene rings is 1. The highest BCUT2D eigenvalue weighted by atomic mass is 32.1. The summed E-state index contributed by atoms with van der Waals surface area (Å²) < 4.78 is 0. The summed E-state index contributed by atoms with van der Waals surface area (Å²) in [5.74, 6) is 0.930. The van der Waals surface area contributed by atoms with Gasteiger partial charge in [-0.05, 0) is 54.5 Å². The predicted molar refractivity (Wildman–Crippen MR) is 87.4 cm³/mol. The summed E-state index contributed by atoms with van der Waals surface area (Å²) in [4.78, 5) is 2.72. The van der Waals surface area contributed by atoms with Crippen LogP contribution in [0, 0.1) is 5.92 Å². The molecule has 3 rings (SSSR count). The molecule has 1 aromatic heterocycles. The zero-order valence-electron chi connectivity index (χ0n) is 12.7. The van der Waals surface area contributed by atoms with Crippen molar-refractivity contribution in [1.82, 2.24) is 10.2 Å². The van der Waals surface area contributed by atoms with Crippen LogP contribution in [0.25, 0.3) is 0 Å². The second-order valence-electron chi connectivity index (χ2n) is 6.64. The quantitative estimate of drug-likeness (QED) is 0.913. The highest BCUT2D eigenvalue weighted by Crippen LogP contribution is 2.28. The largest absolute Gasteiger partial charge is 0.311 e. The number of rotatable bonds is 4. The molecule has 0 radical (unpaired) electrons. The maximum absolute atomic E-state index is 3.79. The van der Waals surface area contributed by atoms with Crippen LogP contribution in [0.2, 0.25) is 0 Å². The molecule has 2 unspecified atom stereocenters. The number of nitrogens with one attached hydrogen (secondary N) is 1. The van der Waals surface area contributed by atoms with E-state index < -0.39 is 0 Å². The van der Waals surface area contributed by atoms with Gasteiger partial charge in [0.25, 0.3) is 0 Å². The molecule has 2 heterocycles. The lowest BCUT2D eigenvalue weighted by Gasteiger charge is -2.41. The highest BCUT2D eigenvalue weighted by Gasteiger charge is 2.29. The Morgan fingerprint density at radius 3 is 2.95 bits per heavy atom. The lowest BCUT2D eigenvalue weighted by molar-refractivity contribution is 0.114. The van der Waals surface area contributed by atoms with Gasteiger partial charge in [-0.25, -0.2) is 0 Å². The molecule has 0 aromatic carbocycles. The van der Waals surface area contributed by atoms with Crippen LogP contribution >= 0.6 is 11.3 Å². The number of piperazine rings is 1. The van der Waals surface area contributed by atoms with Crippen molar-refractivity contribution in [3.05, 3.63) is 22.4 Å². The van der Waals surface area contributed by atoms with E-state index in [9.17, 15) is 0 Å².